The number of nitrogens with one attached hydrogen (secondary N) is 1. The molecule has 2 aromatic rings. The number of ether oxygens (including phenoxy) is 1. The second-order valence-electron chi connectivity index (χ2n) is 5.27. The van der Waals surface area contributed by atoms with Crippen LogP contribution in [0.1, 0.15) is 6.42 Å². The first-order valence-corrected chi connectivity index (χ1v) is 8.84. The molecule has 2 rings (SSSR count). The molecule has 0 saturated heterocycles. The van der Waals surface area contributed by atoms with Crippen molar-refractivity contribution in [3.05, 3.63) is 54.6 Å². The summed E-state index contributed by atoms with van der Waals surface area (Å²) in [6.07, 6.45) is 0.166. The van der Waals surface area contributed by atoms with Crippen LogP contribution in [0.4, 0.5) is 5.69 Å². The van der Waals surface area contributed by atoms with E-state index in [2.05, 4.69) is 5.32 Å². The van der Waals surface area contributed by atoms with Crippen molar-refractivity contribution in [1.82, 2.24) is 4.31 Å². The second-order valence-corrected chi connectivity index (χ2v) is 7.43. The average molecular weight is 348 g/mol. The Morgan fingerprint density at radius 1 is 1.08 bits per heavy atom. The largest absolute Gasteiger partial charge is 0.493 e. The lowest BCUT2D eigenvalue weighted by atomic mass is 10.3. The summed E-state index contributed by atoms with van der Waals surface area (Å²) < 4.78 is 30.8. The maximum absolute atomic E-state index is 12.1. The van der Waals surface area contributed by atoms with Gasteiger partial charge in [0, 0.05) is 19.8 Å². The minimum Gasteiger partial charge on any atom is -0.493 e. The van der Waals surface area contributed by atoms with Crippen LogP contribution in [-0.2, 0) is 14.8 Å². The number of rotatable bonds is 7. The van der Waals surface area contributed by atoms with Crippen molar-refractivity contribution >= 4 is 21.6 Å². The molecule has 0 spiro atoms. The van der Waals surface area contributed by atoms with Crippen molar-refractivity contribution in [3.63, 3.8) is 0 Å². The highest BCUT2D eigenvalue weighted by atomic mass is 32.2. The van der Waals surface area contributed by atoms with Crippen LogP contribution in [0, 0.1) is 0 Å². The van der Waals surface area contributed by atoms with Gasteiger partial charge in [0.25, 0.3) is 0 Å². The molecule has 7 heteroatoms. The Morgan fingerprint density at radius 3 is 2.46 bits per heavy atom. The number of amides is 1. The maximum Gasteiger partial charge on any atom is 0.242 e. The van der Waals surface area contributed by atoms with Gasteiger partial charge in [-0.05, 0) is 30.3 Å². The lowest BCUT2D eigenvalue weighted by Gasteiger charge is -2.12. The molecule has 0 atom stereocenters. The lowest BCUT2D eigenvalue weighted by molar-refractivity contribution is -0.116. The third-order valence-electron chi connectivity index (χ3n) is 3.24. The molecule has 1 N–H and O–H groups in total. The summed E-state index contributed by atoms with van der Waals surface area (Å²) in [6, 6.07) is 15.4. The molecule has 0 aliphatic rings. The van der Waals surface area contributed by atoms with E-state index in [1.165, 1.54) is 26.2 Å². The number of hydrogen-bond acceptors (Lipinski definition) is 4. The van der Waals surface area contributed by atoms with E-state index in [1.54, 1.807) is 12.1 Å². The first-order valence-electron chi connectivity index (χ1n) is 7.40. The number of nitrogens with zero attached hydrogens (tertiary/aromatic N) is 1. The number of carbonyl (C=O) groups is 1. The van der Waals surface area contributed by atoms with Crippen LogP contribution in [0.25, 0.3) is 0 Å². The second kappa shape index (κ2) is 7.94. The average Bonchev–Trinajstić information content (AvgIpc) is 2.56. The number of para-hydroxylation sites is 1. The zero-order valence-corrected chi connectivity index (χ0v) is 14.4. The Morgan fingerprint density at radius 2 is 1.79 bits per heavy atom. The van der Waals surface area contributed by atoms with Crippen molar-refractivity contribution in [3.8, 4) is 5.75 Å². The predicted molar refractivity (Wildman–Crippen MR) is 92.5 cm³/mol. The predicted octanol–water partition coefficient (Wildman–Crippen LogP) is 2.34. The van der Waals surface area contributed by atoms with Crippen molar-refractivity contribution < 1.29 is 17.9 Å². The van der Waals surface area contributed by atoms with Gasteiger partial charge in [-0.1, -0.05) is 24.3 Å². The number of hydrogen-bond donors (Lipinski definition) is 1. The van der Waals surface area contributed by atoms with Gasteiger partial charge in [0.2, 0.25) is 15.9 Å². The highest BCUT2D eigenvalue weighted by Crippen LogP contribution is 2.18. The van der Waals surface area contributed by atoms with Crippen LogP contribution >= 0.6 is 0 Å². The summed E-state index contributed by atoms with van der Waals surface area (Å²) in [5, 5.41) is 2.68. The third kappa shape index (κ3) is 4.81. The fourth-order valence-corrected chi connectivity index (χ4v) is 2.89. The fourth-order valence-electron chi connectivity index (χ4n) is 1.95. The van der Waals surface area contributed by atoms with Crippen molar-refractivity contribution in [2.75, 3.05) is 26.0 Å². The van der Waals surface area contributed by atoms with Crippen molar-refractivity contribution in [1.29, 1.82) is 0 Å². The molecule has 1 amide bonds. The Bertz CT molecular complexity index is 789. The molecular formula is C17H20N2O4S. The summed E-state index contributed by atoms with van der Waals surface area (Å²) >= 11 is 0. The molecule has 0 saturated carbocycles. The Balaban J connectivity index is 1.92. The normalized spacial score (nSPS) is 11.3. The van der Waals surface area contributed by atoms with E-state index < -0.39 is 10.0 Å². The fraction of sp³-hybridized carbons (Fsp3) is 0.235. The third-order valence-corrected chi connectivity index (χ3v) is 5.05. The highest BCUT2D eigenvalue weighted by molar-refractivity contribution is 7.89. The molecular weight excluding hydrogens is 328 g/mol. The standard InChI is InChI=1S/C17H20N2O4S/c1-19(2)24(21,22)16-10-6-7-14(13-16)18-17(20)11-12-23-15-8-4-3-5-9-15/h3-10,13H,11-12H2,1-2H3,(H,18,20). The molecule has 0 unspecified atom stereocenters. The topological polar surface area (TPSA) is 75.7 Å². The quantitative estimate of drug-likeness (QED) is 0.833. The zero-order valence-electron chi connectivity index (χ0n) is 13.6. The minimum absolute atomic E-state index is 0.130. The lowest BCUT2D eigenvalue weighted by Crippen LogP contribution is -2.22. The van der Waals surface area contributed by atoms with Gasteiger partial charge >= 0.3 is 0 Å². The van der Waals surface area contributed by atoms with Crippen molar-refractivity contribution in [2.45, 2.75) is 11.3 Å². The van der Waals surface area contributed by atoms with Gasteiger partial charge < -0.3 is 10.1 Å². The van der Waals surface area contributed by atoms with Crippen LogP contribution in [-0.4, -0.2) is 39.3 Å². The number of benzene rings is 2. The molecule has 24 heavy (non-hydrogen) atoms. The maximum atomic E-state index is 12.1. The van der Waals surface area contributed by atoms with Crippen molar-refractivity contribution in [2.24, 2.45) is 0 Å². The van der Waals surface area contributed by atoms with E-state index >= 15 is 0 Å². The van der Waals surface area contributed by atoms with Crippen LogP contribution in [0.2, 0.25) is 0 Å². The molecule has 0 aliphatic carbocycles. The molecule has 0 radical (unpaired) electrons. The highest BCUT2D eigenvalue weighted by Gasteiger charge is 2.17. The molecule has 0 bridgehead atoms. The van der Waals surface area contributed by atoms with Gasteiger partial charge in [0.05, 0.1) is 17.9 Å². The molecule has 0 aromatic heterocycles. The number of anilines is 1. The van der Waals surface area contributed by atoms with Gasteiger partial charge in [0.15, 0.2) is 0 Å². The summed E-state index contributed by atoms with van der Waals surface area (Å²) in [4.78, 5) is 12.1. The van der Waals surface area contributed by atoms with Crippen LogP contribution in [0.15, 0.2) is 59.5 Å². The molecule has 0 aliphatic heterocycles. The molecule has 6 nitrogen and oxygen atoms in total. The van der Waals surface area contributed by atoms with E-state index in [9.17, 15) is 13.2 Å². The van der Waals surface area contributed by atoms with E-state index in [4.69, 9.17) is 4.74 Å². The molecule has 2 aromatic carbocycles. The van der Waals surface area contributed by atoms with Crippen LogP contribution < -0.4 is 10.1 Å². The SMILES string of the molecule is CN(C)S(=O)(=O)c1cccc(NC(=O)CCOc2ccccc2)c1. The first-order chi connectivity index (χ1) is 11.4. The van der Waals surface area contributed by atoms with E-state index in [-0.39, 0.29) is 23.8 Å². The summed E-state index contributed by atoms with van der Waals surface area (Å²) in [5.74, 6) is 0.453. The molecule has 128 valence electrons. The van der Waals surface area contributed by atoms with E-state index in [1.807, 2.05) is 30.3 Å². The smallest absolute Gasteiger partial charge is 0.242 e. The van der Waals surface area contributed by atoms with Gasteiger partial charge in [-0.3, -0.25) is 4.79 Å². The first kappa shape index (κ1) is 18.0. The van der Waals surface area contributed by atoms with Gasteiger partial charge in [-0.15, -0.1) is 0 Å². The minimum atomic E-state index is -3.53. The number of carbonyl (C=O) groups excluding carboxylic acids is 1. The van der Waals surface area contributed by atoms with Gasteiger partial charge in [-0.2, -0.15) is 0 Å². The Labute approximate surface area is 142 Å². The van der Waals surface area contributed by atoms with E-state index in [0.29, 0.717) is 11.4 Å². The van der Waals surface area contributed by atoms with Gasteiger partial charge in [0.1, 0.15) is 5.75 Å². The molecule has 0 fully saturated rings. The van der Waals surface area contributed by atoms with Crippen LogP contribution in [0.3, 0.4) is 0 Å². The zero-order chi connectivity index (χ0) is 17.6. The van der Waals surface area contributed by atoms with Crippen LogP contribution in [0.5, 0.6) is 5.75 Å². The summed E-state index contributed by atoms with van der Waals surface area (Å²) in [5.41, 5.74) is 0.433. The van der Waals surface area contributed by atoms with Gasteiger partial charge in [-0.25, -0.2) is 12.7 Å². The molecule has 0 heterocycles. The van der Waals surface area contributed by atoms with E-state index in [0.717, 1.165) is 4.31 Å². The monoisotopic (exact) mass is 348 g/mol. The summed E-state index contributed by atoms with van der Waals surface area (Å²) in [7, 11) is -0.611. The number of sulfonamides is 1. The summed E-state index contributed by atoms with van der Waals surface area (Å²) in [6.45, 7) is 0.242. The Kier molecular flexibility index (Phi) is 5.94. The Hall–Kier alpha value is -2.38.